The maximum atomic E-state index is 6.30. The molecule has 2 aromatic heterocycles. The number of fused-ring (bicyclic) bond motifs is 3. The maximum Gasteiger partial charge on any atom is 0.179 e. The first-order valence-electron chi connectivity index (χ1n) is 16.8. The lowest BCUT2D eigenvalue weighted by molar-refractivity contribution is 0.669. The third kappa shape index (κ3) is 5.12. The van der Waals surface area contributed by atoms with E-state index in [0.29, 0.717) is 17.5 Å². The van der Waals surface area contributed by atoms with E-state index in [2.05, 4.69) is 115 Å². The summed E-state index contributed by atoms with van der Waals surface area (Å²) in [6.45, 7) is 0. The summed E-state index contributed by atoms with van der Waals surface area (Å²) in [7, 11) is -2.91. The zero-order chi connectivity index (χ0) is 33.3. The molecule has 9 rings (SSSR count). The Morgan fingerprint density at radius 1 is 0.320 bits per heavy atom. The summed E-state index contributed by atoms with van der Waals surface area (Å²) >= 11 is 0. The highest BCUT2D eigenvalue weighted by Crippen LogP contribution is 2.29. The molecule has 0 saturated carbocycles. The lowest BCUT2D eigenvalue weighted by Gasteiger charge is -2.34. The number of rotatable bonds is 7. The normalized spacial score (nSPS) is 11.6. The van der Waals surface area contributed by atoms with E-state index in [-0.39, 0.29) is 0 Å². The van der Waals surface area contributed by atoms with Crippen LogP contribution in [-0.2, 0) is 0 Å². The van der Waals surface area contributed by atoms with Gasteiger partial charge in [0, 0.05) is 27.5 Å². The molecule has 50 heavy (non-hydrogen) atoms. The molecule has 0 atom stereocenters. The molecule has 0 unspecified atom stereocenters. The molecule has 2 heterocycles. The maximum absolute atomic E-state index is 6.30. The minimum atomic E-state index is -2.91. The van der Waals surface area contributed by atoms with Gasteiger partial charge in [0.2, 0.25) is 0 Å². The molecule has 7 aromatic carbocycles. The molecular weight excluding hydrogens is 627 g/mol. The van der Waals surface area contributed by atoms with E-state index in [9.17, 15) is 0 Å². The van der Waals surface area contributed by atoms with Crippen LogP contribution in [0.25, 0.3) is 56.1 Å². The van der Waals surface area contributed by atoms with Crippen molar-refractivity contribution in [2.75, 3.05) is 0 Å². The highest BCUT2D eigenvalue weighted by Gasteiger charge is 2.42. The third-order valence-electron chi connectivity index (χ3n) is 9.48. The second-order valence-electron chi connectivity index (χ2n) is 12.4. The van der Waals surface area contributed by atoms with Gasteiger partial charge in [0.25, 0.3) is 0 Å². The van der Waals surface area contributed by atoms with E-state index in [1.165, 1.54) is 20.7 Å². The fourth-order valence-corrected chi connectivity index (χ4v) is 12.0. The van der Waals surface area contributed by atoms with E-state index in [1.54, 1.807) is 0 Å². The van der Waals surface area contributed by atoms with E-state index in [0.717, 1.165) is 38.6 Å². The van der Waals surface area contributed by atoms with Crippen LogP contribution in [0.2, 0.25) is 0 Å². The Labute approximate surface area is 291 Å². The van der Waals surface area contributed by atoms with Gasteiger partial charge in [-0.2, -0.15) is 0 Å². The molecule has 0 aliphatic rings. The topological polar surface area (TPSA) is 51.8 Å². The van der Waals surface area contributed by atoms with Gasteiger partial charge in [0.1, 0.15) is 11.2 Å². The number of hydrogen-bond acceptors (Lipinski definition) is 4. The summed E-state index contributed by atoms with van der Waals surface area (Å²) in [5.41, 5.74) is 4.62. The summed E-state index contributed by atoms with van der Waals surface area (Å²) in [6, 6.07) is 66.1. The second-order valence-corrected chi connectivity index (χ2v) is 16.2. The van der Waals surface area contributed by atoms with Gasteiger partial charge in [-0.25, -0.2) is 15.0 Å². The molecule has 0 N–H and O–H groups in total. The van der Waals surface area contributed by atoms with Crippen molar-refractivity contribution >= 4 is 50.8 Å². The molecule has 0 bridgehead atoms. The fraction of sp³-hybridized carbons (Fsp3) is 0. The lowest BCUT2D eigenvalue weighted by atomic mass is 10.1. The van der Waals surface area contributed by atoms with Crippen molar-refractivity contribution in [3.05, 3.63) is 188 Å². The largest absolute Gasteiger partial charge is 0.456 e. The van der Waals surface area contributed by atoms with Crippen LogP contribution in [0.5, 0.6) is 0 Å². The van der Waals surface area contributed by atoms with Crippen LogP contribution in [0.15, 0.2) is 192 Å². The Kier molecular flexibility index (Phi) is 7.45. The average molecular weight is 658 g/mol. The van der Waals surface area contributed by atoms with Crippen LogP contribution in [-0.4, -0.2) is 23.0 Å². The zero-order valence-corrected chi connectivity index (χ0v) is 28.1. The van der Waals surface area contributed by atoms with Crippen LogP contribution < -0.4 is 20.7 Å². The summed E-state index contributed by atoms with van der Waals surface area (Å²) in [4.78, 5) is 15.1. The van der Waals surface area contributed by atoms with Crippen molar-refractivity contribution in [2.45, 2.75) is 0 Å². The van der Waals surface area contributed by atoms with E-state index in [1.807, 2.05) is 72.8 Å². The second kappa shape index (κ2) is 12.5. The Hall–Kier alpha value is -6.43. The Morgan fingerprint density at radius 2 is 0.760 bits per heavy atom. The molecular formula is C45H31N3OSi. The lowest BCUT2D eigenvalue weighted by Crippen LogP contribution is -2.74. The predicted octanol–water partition coefficient (Wildman–Crippen LogP) is 8.15. The van der Waals surface area contributed by atoms with Gasteiger partial charge in [0.05, 0.1) is 0 Å². The molecule has 9 aromatic rings. The fourth-order valence-electron chi connectivity index (χ4n) is 7.16. The predicted molar refractivity (Wildman–Crippen MR) is 207 cm³/mol. The minimum absolute atomic E-state index is 0.639. The number of aromatic nitrogens is 3. The number of furan rings is 1. The molecule has 0 amide bonds. The van der Waals surface area contributed by atoms with Gasteiger partial charge in [-0.15, -0.1) is 0 Å². The summed E-state index contributed by atoms with van der Waals surface area (Å²) in [6.07, 6.45) is 0. The molecule has 0 fully saturated rings. The molecule has 5 heteroatoms. The van der Waals surface area contributed by atoms with Crippen LogP contribution >= 0.6 is 0 Å². The Balaban J connectivity index is 1.32. The van der Waals surface area contributed by atoms with Crippen molar-refractivity contribution in [3.63, 3.8) is 0 Å². The van der Waals surface area contributed by atoms with Gasteiger partial charge in [-0.1, -0.05) is 176 Å². The molecule has 4 nitrogen and oxygen atoms in total. The number of benzene rings is 7. The standard InChI is InChI=1S/C45H31N3OSi/c1-5-16-32(17-6-1)43-46-44(33-18-7-2-8-19-33)48-45(47-43)34-20-15-25-37(30-34)50(35-21-9-3-10-22-35,36-23-11-4-12-24-36)38-28-29-42-40(31-38)39-26-13-14-27-41(39)49-42/h1-31H. The molecule has 0 saturated heterocycles. The van der Waals surface area contributed by atoms with E-state index in [4.69, 9.17) is 19.4 Å². The van der Waals surface area contributed by atoms with Crippen LogP contribution in [0.4, 0.5) is 0 Å². The molecule has 0 aliphatic carbocycles. The van der Waals surface area contributed by atoms with Gasteiger partial charge < -0.3 is 4.42 Å². The van der Waals surface area contributed by atoms with Crippen LogP contribution in [0.3, 0.4) is 0 Å². The van der Waals surface area contributed by atoms with Gasteiger partial charge in [0.15, 0.2) is 25.5 Å². The SMILES string of the molecule is c1ccc(-c2nc(-c3ccccc3)nc(-c3cccc([Si](c4ccccc4)(c4ccccc4)c4ccc5oc6ccccc6c5c4)c3)n2)cc1. The number of nitrogens with zero attached hydrogens (tertiary/aromatic N) is 3. The number of hydrogen-bond donors (Lipinski definition) is 0. The molecule has 0 spiro atoms. The van der Waals surface area contributed by atoms with Crippen molar-refractivity contribution in [1.82, 2.24) is 15.0 Å². The smallest absolute Gasteiger partial charge is 0.179 e. The van der Waals surface area contributed by atoms with Crippen molar-refractivity contribution in [1.29, 1.82) is 0 Å². The Bertz CT molecular complexity index is 2490. The van der Waals surface area contributed by atoms with Crippen LogP contribution in [0.1, 0.15) is 0 Å². The summed E-state index contributed by atoms with van der Waals surface area (Å²) in [5.74, 6) is 1.93. The van der Waals surface area contributed by atoms with Gasteiger partial charge in [-0.3, -0.25) is 0 Å². The first-order chi connectivity index (χ1) is 24.8. The third-order valence-corrected chi connectivity index (χ3v) is 14.2. The first kappa shape index (κ1) is 29.7. The quantitative estimate of drug-likeness (QED) is 0.128. The highest BCUT2D eigenvalue weighted by atomic mass is 28.3. The van der Waals surface area contributed by atoms with Crippen LogP contribution in [0, 0.1) is 0 Å². The molecule has 236 valence electrons. The van der Waals surface area contributed by atoms with Gasteiger partial charge >= 0.3 is 0 Å². The molecule has 0 aliphatic heterocycles. The average Bonchev–Trinajstić information content (AvgIpc) is 3.58. The minimum Gasteiger partial charge on any atom is -0.456 e. The Morgan fingerprint density at radius 3 is 1.36 bits per heavy atom. The monoisotopic (exact) mass is 657 g/mol. The first-order valence-corrected chi connectivity index (χ1v) is 18.8. The highest BCUT2D eigenvalue weighted by molar-refractivity contribution is 7.20. The molecule has 0 radical (unpaired) electrons. The number of para-hydroxylation sites is 1. The van der Waals surface area contributed by atoms with Crippen molar-refractivity contribution < 1.29 is 4.42 Å². The zero-order valence-electron chi connectivity index (χ0n) is 27.1. The van der Waals surface area contributed by atoms with Crippen molar-refractivity contribution in [2.24, 2.45) is 0 Å². The summed E-state index contributed by atoms with van der Waals surface area (Å²) in [5, 5.41) is 7.34. The van der Waals surface area contributed by atoms with Crippen molar-refractivity contribution in [3.8, 4) is 34.2 Å². The van der Waals surface area contributed by atoms with E-state index >= 15 is 0 Å². The van der Waals surface area contributed by atoms with Gasteiger partial charge in [-0.05, 0) is 32.9 Å². The summed E-state index contributed by atoms with van der Waals surface area (Å²) < 4.78 is 6.30. The van der Waals surface area contributed by atoms with E-state index < -0.39 is 8.07 Å².